The van der Waals surface area contributed by atoms with E-state index in [0.717, 1.165) is 25.9 Å². The van der Waals surface area contributed by atoms with Gasteiger partial charge in [0, 0.05) is 26.1 Å². The molecule has 1 fully saturated rings. The monoisotopic (exact) mass is 281 g/mol. The fourth-order valence-electron chi connectivity index (χ4n) is 2.17. The molecule has 0 atom stereocenters. The Morgan fingerprint density at radius 2 is 2.05 bits per heavy atom. The Balaban J connectivity index is 1.73. The van der Waals surface area contributed by atoms with Gasteiger partial charge in [-0.1, -0.05) is 0 Å². The first-order valence-electron chi connectivity index (χ1n) is 6.57. The maximum Gasteiger partial charge on any atom is 0.263 e. The Hall–Kier alpha value is -1.56. The highest BCUT2D eigenvalue weighted by atomic mass is 32.1. The number of hydrogen-bond donors (Lipinski definition) is 2. The highest BCUT2D eigenvalue weighted by Gasteiger charge is 2.16. The molecule has 0 aromatic carbocycles. The minimum Gasteiger partial charge on any atom is -0.397 e. The molecule has 0 bridgehead atoms. The van der Waals surface area contributed by atoms with E-state index in [4.69, 9.17) is 5.73 Å². The minimum absolute atomic E-state index is 0.124. The Kier molecular flexibility index (Phi) is 4.79. The Labute approximate surface area is 116 Å². The molecule has 2 heterocycles. The van der Waals surface area contributed by atoms with Crippen LogP contribution in [0.25, 0.3) is 0 Å². The third-order valence-electron chi connectivity index (χ3n) is 3.24. The Bertz CT molecular complexity index is 452. The number of anilines is 1. The van der Waals surface area contributed by atoms with Gasteiger partial charge in [-0.3, -0.25) is 9.59 Å². The smallest absolute Gasteiger partial charge is 0.263 e. The van der Waals surface area contributed by atoms with E-state index in [2.05, 4.69) is 5.32 Å². The zero-order valence-corrected chi connectivity index (χ0v) is 11.7. The molecule has 1 saturated heterocycles. The van der Waals surface area contributed by atoms with E-state index >= 15 is 0 Å². The summed E-state index contributed by atoms with van der Waals surface area (Å²) in [6.07, 6.45) is 3.74. The van der Waals surface area contributed by atoms with E-state index in [0.29, 0.717) is 23.5 Å². The number of hydrogen-bond acceptors (Lipinski definition) is 4. The van der Waals surface area contributed by atoms with Crippen LogP contribution >= 0.6 is 11.3 Å². The van der Waals surface area contributed by atoms with E-state index < -0.39 is 0 Å². The highest BCUT2D eigenvalue weighted by molar-refractivity contribution is 7.12. The number of nitrogen functional groups attached to an aromatic ring is 1. The molecule has 104 valence electrons. The summed E-state index contributed by atoms with van der Waals surface area (Å²) in [5.41, 5.74) is 6.15. The van der Waals surface area contributed by atoms with Gasteiger partial charge in [0.05, 0.1) is 5.69 Å². The average Bonchev–Trinajstić information content (AvgIpc) is 2.86. The molecule has 0 saturated carbocycles. The van der Waals surface area contributed by atoms with E-state index in [-0.39, 0.29) is 11.8 Å². The lowest BCUT2D eigenvalue weighted by Crippen LogP contribution is -2.37. The summed E-state index contributed by atoms with van der Waals surface area (Å²) in [7, 11) is 0. The molecule has 0 unspecified atom stereocenters. The molecule has 1 aromatic rings. The van der Waals surface area contributed by atoms with Crippen LogP contribution < -0.4 is 11.1 Å². The molecular weight excluding hydrogens is 262 g/mol. The molecule has 1 aliphatic heterocycles. The summed E-state index contributed by atoms with van der Waals surface area (Å²) < 4.78 is 0. The van der Waals surface area contributed by atoms with Crippen molar-refractivity contribution in [1.82, 2.24) is 10.2 Å². The zero-order valence-electron chi connectivity index (χ0n) is 10.9. The fourth-order valence-corrected chi connectivity index (χ4v) is 2.90. The Morgan fingerprint density at radius 1 is 1.32 bits per heavy atom. The van der Waals surface area contributed by atoms with Gasteiger partial charge in [-0.05, 0) is 30.7 Å². The van der Waals surface area contributed by atoms with Gasteiger partial charge in [-0.25, -0.2) is 0 Å². The van der Waals surface area contributed by atoms with Crippen molar-refractivity contribution in [3.8, 4) is 0 Å². The van der Waals surface area contributed by atoms with E-state index in [1.807, 2.05) is 4.90 Å². The van der Waals surface area contributed by atoms with E-state index in [1.54, 1.807) is 11.4 Å². The summed E-state index contributed by atoms with van der Waals surface area (Å²) in [4.78, 5) is 26.1. The number of rotatable bonds is 4. The van der Waals surface area contributed by atoms with Crippen molar-refractivity contribution in [2.45, 2.75) is 25.7 Å². The van der Waals surface area contributed by atoms with Gasteiger partial charge in [0.1, 0.15) is 4.88 Å². The SMILES string of the molecule is Nc1ccsc1C(=O)NCCC(=O)N1CCCCC1. The topological polar surface area (TPSA) is 75.4 Å². The number of nitrogens with zero attached hydrogens (tertiary/aromatic N) is 1. The number of likely N-dealkylation sites (tertiary alicyclic amines) is 1. The lowest BCUT2D eigenvalue weighted by atomic mass is 10.1. The van der Waals surface area contributed by atoms with Crippen molar-refractivity contribution in [2.75, 3.05) is 25.4 Å². The van der Waals surface area contributed by atoms with Gasteiger partial charge in [-0.2, -0.15) is 0 Å². The van der Waals surface area contributed by atoms with Gasteiger partial charge in [0.25, 0.3) is 5.91 Å². The van der Waals surface area contributed by atoms with Crippen LogP contribution in [0.4, 0.5) is 5.69 Å². The third-order valence-corrected chi connectivity index (χ3v) is 4.16. The number of piperidine rings is 1. The van der Waals surface area contributed by atoms with Gasteiger partial charge in [0.2, 0.25) is 5.91 Å². The first-order chi connectivity index (χ1) is 9.18. The molecule has 3 N–H and O–H groups in total. The van der Waals surface area contributed by atoms with Gasteiger partial charge in [-0.15, -0.1) is 11.3 Å². The van der Waals surface area contributed by atoms with Gasteiger partial charge in [0.15, 0.2) is 0 Å². The third kappa shape index (κ3) is 3.70. The highest BCUT2D eigenvalue weighted by Crippen LogP contribution is 2.18. The number of nitrogens with two attached hydrogens (primary N) is 1. The van der Waals surface area contributed by atoms with E-state index in [9.17, 15) is 9.59 Å². The van der Waals surface area contributed by atoms with Crippen molar-refractivity contribution in [3.05, 3.63) is 16.3 Å². The first-order valence-corrected chi connectivity index (χ1v) is 7.45. The second-order valence-corrected chi connectivity index (χ2v) is 5.57. The quantitative estimate of drug-likeness (QED) is 0.877. The second kappa shape index (κ2) is 6.56. The molecular formula is C13H19N3O2S. The normalized spacial score (nSPS) is 15.3. The van der Waals surface area contributed by atoms with Crippen LogP contribution in [0.1, 0.15) is 35.4 Å². The number of carbonyl (C=O) groups excluding carboxylic acids is 2. The molecule has 5 nitrogen and oxygen atoms in total. The first kappa shape index (κ1) is 13.9. The van der Waals surface area contributed by atoms with Crippen molar-refractivity contribution in [2.24, 2.45) is 0 Å². The number of amides is 2. The van der Waals surface area contributed by atoms with Gasteiger partial charge < -0.3 is 16.0 Å². The van der Waals surface area contributed by atoms with Crippen LogP contribution in [0.15, 0.2) is 11.4 Å². The summed E-state index contributed by atoms with van der Waals surface area (Å²) >= 11 is 1.31. The van der Waals surface area contributed by atoms with Crippen LogP contribution in [-0.2, 0) is 4.79 Å². The molecule has 0 radical (unpaired) electrons. The largest absolute Gasteiger partial charge is 0.397 e. The maximum atomic E-state index is 11.9. The Morgan fingerprint density at radius 3 is 2.68 bits per heavy atom. The number of thiophene rings is 1. The maximum absolute atomic E-state index is 11.9. The molecule has 1 aromatic heterocycles. The predicted octanol–water partition coefficient (Wildman–Crippen LogP) is 1.46. The summed E-state index contributed by atoms with van der Waals surface area (Å²) in [5, 5.41) is 4.52. The molecule has 2 amide bonds. The van der Waals surface area contributed by atoms with E-state index in [1.165, 1.54) is 17.8 Å². The van der Waals surface area contributed by atoms with Crippen LogP contribution in [0.2, 0.25) is 0 Å². The van der Waals surface area contributed by atoms with Crippen LogP contribution in [0.3, 0.4) is 0 Å². The average molecular weight is 281 g/mol. The standard InChI is InChI=1S/C13H19N3O2S/c14-10-5-9-19-12(10)13(18)15-6-4-11(17)16-7-2-1-3-8-16/h5,9H,1-4,6-8,14H2,(H,15,18). The molecule has 2 rings (SSSR count). The summed E-state index contributed by atoms with van der Waals surface area (Å²) in [6.45, 7) is 2.07. The lowest BCUT2D eigenvalue weighted by Gasteiger charge is -2.26. The van der Waals surface area contributed by atoms with Crippen LogP contribution in [0.5, 0.6) is 0 Å². The lowest BCUT2D eigenvalue weighted by molar-refractivity contribution is -0.131. The molecule has 0 aliphatic carbocycles. The molecule has 6 heteroatoms. The summed E-state index contributed by atoms with van der Waals surface area (Å²) in [5.74, 6) is -0.0712. The number of carbonyl (C=O) groups is 2. The van der Waals surface area contributed by atoms with Crippen molar-refractivity contribution in [3.63, 3.8) is 0 Å². The van der Waals surface area contributed by atoms with Gasteiger partial charge >= 0.3 is 0 Å². The predicted molar refractivity (Wildman–Crippen MR) is 76.1 cm³/mol. The summed E-state index contributed by atoms with van der Waals surface area (Å²) in [6, 6.07) is 1.71. The fraction of sp³-hybridized carbons (Fsp3) is 0.538. The molecule has 19 heavy (non-hydrogen) atoms. The zero-order chi connectivity index (χ0) is 13.7. The van der Waals surface area contributed by atoms with Crippen LogP contribution in [-0.4, -0.2) is 36.3 Å². The van der Waals surface area contributed by atoms with Crippen molar-refractivity contribution in [1.29, 1.82) is 0 Å². The molecule has 0 spiro atoms. The van der Waals surface area contributed by atoms with Crippen LogP contribution in [0, 0.1) is 0 Å². The number of nitrogens with one attached hydrogen (secondary N) is 1. The minimum atomic E-state index is -0.195. The molecule has 1 aliphatic rings. The van der Waals surface area contributed by atoms with Crippen molar-refractivity contribution >= 4 is 28.8 Å². The van der Waals surface area contributed by atoms with Crippen molar-refractivity contribution < 1.29 is 9.59 Å². The second-order valence-electron chi connectivity index (χ2n) is 4.65.